The van der Waals surface area contributed by atoms with Crippen LogP contribution in [0, 0.1) is 6.92 Å². The lowest BCUT2D eigenvalue weighted by molar-refractivity contribution is 0.458. The highest BCUT2D eigenvalue weighted by atomic mass is 16.5. The van der Waals surface area contributed by atoms with Gasteiger partial charge in [0.2, 0.25) is 5.88 Å². The molecule has 0 unspecified atom stereocenters. The lowest BCUT2D eigenvalue weighted by atomic mass is 10.2. The molecule has 0 saturated heterocycles. The molecule has 0 radical (unpaired) electrons. The van der Waals surface area contributed by atoms with Gasteiger partial charge in [-0.3, -0.25) is 0 Å². The van der Waals surface area contributed by atoms with Crippen molar-refractivity contribution in [1.82, 2.24) is 9.97 Å². The molecule has 0 bridgehead atoms. The zero-order valence-corrected chi connectivity index (χ0v) is 10.8. The fourth-order valence-electron chi connectivity index (χ4n) is 1.56. The molecule has 0 aliphatic carbocycles. The number of aryl methyl sites for hydroxylation is 1. The Morgan fingerprint density at radius 2 is 1.89 bits per heavy atom. The minimum Gasteiger partial charge on any atom is -0.437 e. The van der Waals surface area contributed by atoms with Gasteiger partial charge in [0.15, 0.2) is 5.75 Å². The summed E-state index contributed by atoms with van der Waals surface area (Å²) in [5, 5.41) is 0. The van der Waals surface area contributed by atoms with Crippen molar-refractivity contribution in [2.24, 2.45) is 0 Å². The van der Waals surface area contributed by atoms with E-state index in [1.165, 1.54) is 0 Å². The van der Waals surface area contributed by atoms with Gasteiger partial charge in [0.05, 0.1) is 5.69 Å². The predicted molar refractivity (Wildman–Crippen MR) is 71.8 cm³/mol. The number of hydrogen-bond donors (Lipinski definition) is 1. The molecule has 0 atom stereocenters. The molecule has 1 aromatic heterocycles. The molecule has 2 N–H and O–H groups in total. The first-order valence-corrected chi connectivity index (χ1v) is 5.94. The number of nitrogens with zero attached hydrogens (tertiary/aromatic N) is 2. The third-order valence-electron chi connectivity index (χ3n) is 2.50. The number of nitrogens with two attached hydrogens (primary N) is 1. The van der Waals surface area contributed by atoms with Crippen LogP contribution >= 0.6 is 0 Å². The molecule has 0 aliphatic heterocycles. The van der Waals surface area contributed by atoms with Gasteiger partial charge < -0.3 is 10.5 Å². The highest BCUT2D eigenvalue weighted by Crippen LogP contribution is 2.26. The van der Waals surface area contributed by atoms with Crippen molar-refractivity contribution in [3.63, 3.8) is 0 Å². The summed E-state index contributed by atoms with van der Waals surface area (Å²) >= 11 is 0. The molecule has 18 heavy (non-hydrogen) atoms. The summed E-state index contributed by atoms with van der Waals surface area (Å²) in [7, 11) is 0. The molecule has 2 aromatic rings. The number of benzene rings is 1. The minimum absolute atomic E-state index is 0.264. The van der Waals surface area contributed by atoms with Crippen LogP contribution in [-0.2, 0) is 0 Å². The molecule has 0 spiro atoms. The summed E-state index contributed by atoms with van der Waals surface area (Å²) in [6.45, 7) is 6.03. The van der Waals surface area contributed by atoms with Crippen molar-refractivity contribution in [3.8, 4) is 11.6 Å². The van der Waals surface area contributed by atoms with Crippen LogP contribution in [0.1, 0.15) is 31.3 Å². The van der Waals surface area contributed by atoms with E-state index in [-0.39, 0.29) is 5.92 Å². The number of ether oxygens (including phenoxy) is 1. The fraction of sp³-hybridized carbons (Fsp3) is 0.286. The zero-order chi connectivity index (χ0) is 13.1. The van der Waals surface area contributed by atoms with Crippen molar-refractivity contribution in [2.75, 3.05) is 5.73 Å². The Hall–Kier alpha value is -2.10. The molecule has 2 rings (SSSR count). The number of rotatable bonds is 3. The third-order valence-corrected chi connectivity index (χ3v) is 2.50. The van der Waals surface area contributed by atoms with Gasteiger partial charge in [0.25, 0.3) is 0 Å². The fourth-order valence-corrected chi connectivity index (χ4v) is 1.56. The Bertz CT molecular complexity index is 552. The third kappa shape index (κ3) is 2.77. The molecule has 4 nitrogen and oxygen atoms in total. The Kier molecular flexibility index (Phi) is 3.46. The topological polar surface area (TPSA) is 61.0 Å². The maximum Gasteiger partial charge on any atom is 0.222 e. The van der Waals surface area contributed by atoms with Crippen molar-refractivity contribution in [3.05, 3.63) is 41.9 Å². The monoisotopic (exact) mass is 243 g/mol. The van der Waals surface area contributed by atoms with E-state index in [2.05, 4.69) is 23.8 Å². The van der Waals surface area contributed by atoms with E-state index in [9.17, 15) is 0 Å². The van der Waals surface area contributed by atoms with Crippen LogP contribution in [0.2, 0.25) is 0 Å². The van der Waals surface area contributed by atoms with Crippen molar-refractivity contribution in [2.45, 2.75) is 26.7 Å². The highest BCUT2D eigenvalue weighted by Gasteiger charge is 2.08. The average Bonchev–Trinajstić information content (AvgIpc) is 2.31. The summed E-state index contributed by atoms with van der Waals surface area (Å²) in [4.78, 5) is 8.76. The second-order valence-corrected chi connectivity index (χ2v) is 4.50. The number of nitrogen functional groups attached to an aromatic ring is 1. The zero-order valence-electron chi connectivity index (χ0n) is 10.8. The summed E-state index contributed by atoms with van der Waals surface area (Å²) in [6, 6.07) is 9.17. The van der Waals surface area contributed by atoms with Crippen LogP contribution in [0.4, 0.5) is 5.69 Å². The summed E-state index contributed by atoms with van der Waals surface area (Å²) in [5.41, 5.74) is 7.32. The Morgan fingerprint density at radius 3 is 2.56 bits per heavy atom. The molecule has 1 heterocycles. The smallest absolute Gasteiger partial charge is 0.222 e. The number of aromatic nitrogens is 2. The first-order valence-electron chi connectivity index (χ1n) is 5.94. The lowest BCUT2D eigenvalue weighted by Gasteiger charge is -2.10. The second-order valence-electron chi connectivity index (χ2n) is 4.50. The molecule has 4 heteroatoms. The number of anilines is 1. The van der Waals surface area contributed by atoms with Crippen LogP contribution in [0.15, 0.2) is 30.3 Å². The first-order chi connectivity index (χ1) is 8.56. The van der Waals surface area contributed by atoms with E-state index < -0.39 is 0 Å². The molecule has 1 aromatic carbocycles. The van der Waals surface area contributed by atoms with Gasteiger partial charge in [-0.1, -0.05) is 26.0 Å². The second kappa shape index (κ2) is 5.04. The van der Waals surface area contributed by atoms with Gasteiger partial charge >= 0.3 is 0 Å². The van der Waals surface area contributed by atoms with E-state index in [4.69, 9.17) is 10.5 Å². The van der Waals surface area contributed by atoms with E-state index >= 15 is 0 Å². The van der Waals surface area contributed by atoms with Gasteiger partial charge in [0.1, 0.15) is 5.82 Å². The quantitative estimate of drug-likeness (QED) is 0.840. The molecular weight excluding hydrogens is 226 g/mol. The summed E-state index contributed by atoms with van der Waals surface area (Å²) in [6.07, 6.45) is 0. The maximum atomic E-state index is 5.84. The Morgan fingerprint density at radius 1 is 1.17 bits per heavy atom. The maximum absolute atomic E-state index is 5.84. The van der Waals surface area contributed by atoms with Gasteiger partial charge in [-0.2, -0.15) is 4.98 Å². The molecular formula is C14H17N3O. The first kappa shape index (κ1) is 12.4. The van der Waals surface area contributed by atoms with Crippen molar-refractivity contribution >= 4 is 5.69 Å². The molecule has 0 amide bonds. The number of para-hydroxylation sites is 2. The lowest BCUT2D eigenvalue weighted by Crippen LogP contribution is -2.01. The van der Waals surface area contributed by atoms with Crippen LogP contribution in [-0.4, -0.2) is 9.97 Å². The van der Waals surface area contributed by atoms with E-state index in [0.29, 0.717) is 17.3 Å². The van der Waals surface area contributed by atoms with Crippen LogP contribution in [0.5, 0.6) is 11.6 Å². The van der Waals surface area contributed by atoms with Crippen LogP contribution < -0.4 is 10.5 Å². The summed E-state index contributed by atoms with van der Waals surface area (Å²) in [5.74, 6) is 2.19. The minimum atomic E-state index is 0.264. The largest absolute Gasteiger partial charge is 0.437 e. The standard InChI is InChI=1S/C14H17N3O/c1-9(2)14-16-10(3)8-13(17-14)18-12-7-5-4-6-11(12)15/h4-9H,15H2,1-3H3. The molecule has 94 valence electrons. The van der Waals surface area contributed by atoms with Crippen molar-refractivity contribution < 1.29 is 4.74 Å². The highest BCUT2D eigenvalue weighted by molar-refractivity contribution is 5.53. The van der Waals surface area contributed by atoms with Crippen LogP contribution in [0.3, 0.4) is 0 Å². The Labute approximate surface area is 107 Å². The Balaban J connectivity index is 2.32. The average molecular weight is 243 g/mol. The van der Waals surface area contributed by atoms with Crippen molar-refractivity contribution in [1.29, 1.82) is 0 Å². The van der Waals surface area contributed by atoms with Crippen LogP contribution in [0.25, 0.3) is 0 Å². The SMILES string of the molecule is Cc1cc(Oc2ccccc2N)nc(C(C)C)n1. The van der Waals surface area contributed by atoms with Gasteiger partial charge in [0, 0.05) is 17.7 Å². The summed E-state index contributed by atoms with van der Waals surface area (Å²) < 4.78 is 5.70. The van der Waals surface area contributed by atoms with E-state index in [1.54, 1.807) is 12.1 Å². The molecule has 0 aliphatic rings. The molecule has 0 saturated carbocycles. The number of hydrogen-bond acceptors (Lipinski definition) is 4. The molecule has 0 fully saturated rings. The van der Waals surface area contributed by atoms with Gasteiger partial charge in [-0.25, -0.2) is 4.98 Å². The van der Waals surface area contributed by atoms with E-state index in [0.717, 1.165) is 11.5 Å². The van der Waals surface area contributed by atoms with E-state index in [1.807, 2.05) is 25.1 Å². The van der Waals surface area contributed by atoms with Gasteiger partial charge in [-0.15, -0.1) is 0 Å². The predicted octanol–water partition coefficient (Wildman–Crippen LogP) is 3.28. The normalized spacial score (nSPS) is 10.7. The van der Waals surface area contributed by atoms with Gasteiger partial charge in [-0.05, 0) is 19.1 Å².